The van der Waals surface area contributed by atoms with Gasteiger partial charge in [-0.2, -0.15) is 0 Å². The number of benzene rings is 2. The second-order valence-corrected chi connectivity index (χ2v) is 9.17. The lowest BCUT2D eigenvalue weighted by Crippen LogP contribution is -2.51. The second kappa shape index (κ2) is 8.79. The van der Waals surface area contributed by atoms with Gasteiger partial charge < -0.3 is 14.7 Å². The van der Waals surface area contributed by atoms with Gasteiger partial charge in [-0.3, -0.25) is 4.90 Å². The van der Waals surface area contributed by atoms with Crippen LogP contribution in [0.15, 0.2) is 36.4 Å². The monoisotopic (exact) mass is 445 g/mol. The van der Waals surface area contributed by atoms with E-state index in [1.54, 1.807) is 11.3 Å². The lowest BCUT2D eigenvalue weighted by Gasteiger charge is -2.39. The maximum absolute atomic E-state index is 10.8. The van der Waals surface area contributed by atoms with Crippen molar-refractivity contribution in [3.05, 3.63) is 52.5 Å². The van der Waals surface area contributed by atoms with E-state index in [9.17, 15) is 4.79 Å². The van der Waals surface area contributed by atoms with Crippen molar-refractivity contribution in [1.29, 1.82) is 0 Å². The number of thiazole rings is 1. The molecule has 0 spiro atoms. The first-order chi connectivity index (χ1) is 14.4. The molecule has 6 nitrogen and oxygen atoms in total. The van der Waals surface area contributed by atoms with Gasteiger partial charge in [0.25, 0.3) is 0 Å². The molecule has 0 amide bonds. The van der Waals surface area contributed by atoms with Crippen LogP contribution in [0.4, 0.5) is 5.13 Å². The fourth-order valence-electron chi connectivity index (χ4n) is 3.87. The van der Waals surface area contributed by atoms with Gasteiger partial charge in [0.05, 0.1) is 10.2 Å². The zero-order chi connectivity index (χ0) is 21.3. The van der Waals surface area contributed by atoms with Crippen molar-refractivity contribution in [2.45, 2.75) is 26.4 Å². The summed E-state index contributed by atoms with van der Waals surface area (Å²) in [5.41, 5.74) is 3.18. The number of fused-ring (bicyclic) bond motifs is 1. The number of piperazine rings is 1. The minimum Gasteiger partial charge on any atom is -0.482 e. The summed E-state index contributed by atoms with van der Waals surface area (Å²) in [6.45, 7) is 7.46. The highest BCUT2D eigenvalue weighted by Crippen LogP contribution is 2.32. The van der Waals surface area contributed by atoms with Crippen molar-refractivity contribution >= 4 is 44.3 Å². The summed E-state index contributed by atoms with van der Waals surface area (Å²) in [7, 11) is 0. The zero-order valence-electron chi connectivity index (χ0n) is 17.0. The summed E-state index contributed by atoms with van der Waals surface area (Å²) in [4.78, 5) is 20.4. The molecule has 3 aromatic rings. The Morgan fingerprint density at radius 1 is 1.30 bits per heavy atom. The predicted octanol–water partition coefficient (Wildman–Crippen LogP) is 4.43. The van der Waals surface area contributed by atoms with Crippen LogP contribution in [0.5, 0.6) is 5.75 Å². The summed E-state index contributed by atoms with van der Waals surface area (Å²) in [5.74, 6) is -0.368. The van der Waals surface area contributed by atoms with E-state index in [1.807, 2.05) is 37.3 Å². The molecule has 4 rings (SSSR count). The van der Waals surface area contributed by atoms with Crippen LogP contribution in [0.1, 0.15) is 18.1 Å². The van der Waals surface area contributed by atoms with Gasteiger partial charge in [0.2, 0.25) is 0 Å². The Kier molecular flexibility index (Phi) is 6.13. The SMILES string of the molecule is Cc1cc(CN2CCN(c3nc4ccc(Cl)cc4s3)C(C)C2)cc(OCC(=O)O)c1. The van der Waals surface area contributed by atoms with Gasteiger partial charge in [0.1, 0.15) is 5.75 Å². The molecule has 1 aliphatic rings. The number of ether oxygens (including phenoxy) is 1. The molecule has 1 atom stereocenters. The number of carbonyl (C=O) groups is 1. The molecule has 0 radical (unpaired) electrons. The number of rotatable bonds is 6. The van der Waals surface area contributed by atoms with Crippen molar-refractivity contribution < 1.29 is 14.6 Å². The van der Waals surface area contributed by atoms with Crippen molar-refractivity contribution in [2.75, 3.05) is 31.1 Å². The Hall–Kier alpha value is -2.35. The predicted molar refractivity (Wildman–Crippen MR) is 121 cm³/mol. The molecule has 30 heavy (non-hydrogen) atoms. The van der Waals surface area contributed by atoms with Gasteiger partial charge in [0.15, 0.2) is 11.7 Å². The minimum absolute atomic E-state index is 0.327. The molecule has 1 unspecified atom stereocenters. The van der Waals surface area contributed by atoms with E-state index in [4.69, 9.17) is 26.4 Å². The van der Waals surface area contributed by atoms with E-state index in [1.165, 1.54) is 0 Å². The molecular formula is C22H24ClN3O3S. The standard InChI is InChI=1S/C22H24ClN3O3S/c1-14-7-16(9-18(8-14)29-13-21(27)28)12-25-5-6-26(15(2)11-25)22-24-19-4-3-17(23)10-20(19)30-22/h3-4,7-10,15H,5-6,11-13H2,1-2H3,(H,27,28). The number of aryl methyl sites for hydroxylation is 1. The Labute approximate surface area is 184 Å². The summed E-state index contributed by atoms with van der Waals surface area (Å²) in [5, 5.41) is 10.6. The maximum Gasteiger partial charge on any atom is 0.341 e. The molecule has 1 N–H and O–H groups in total. The number of carboxylic acid groups (broad SMARTS) is 1. The number of hydrogen-bond donors (Lipinski definition) is 1. The van der Waals surface area contributed by atoms with Crippen molar-refractivity contribution in [1.82, 2.24) is 9.88 Å². The number of hydrogen-bond acceptors (Lipinski definition) is 6. The fourth-order valence-corrected chi connectivity index (χ4v) is 5.24. The molecule has 1 fully saturated rings. The van der Waals surface area contributed by atoms with Crippen molar-refractivity contribution in [3.8, 4) is 5.75 Å². The van der Waals surface area contributed by atoms with E-state index >= 15 is 0 Å². The smallest absolute Gasteiger partial charge is 0.341 e. The third-order valence-corrected chi connectivity index (χ3v) is 6.47. The Balaban J connectivity index is 1.42. The van der Waals surface area contributed by atoms with Crippen LogP contribution >= 0.6 is 22.9 Å². The first kappa shape index (κ1) is 20.9. The molecule has 1 aliphatic heterocycles. The highest BCUT2D eigenvalue weighted by molar-refractivity contribution is 7.22. The quantitative estimate of drug-likeness (QED) is 0.605. The largest absolute Gasteiger partial charge is 0.482 e. The normalized spacial score (nSPS) is 17.4. The second-order valence-electron chi connectivity index (χ2n) is 7.72. The van der Waals surface area contributed by atoms with Crippen molar-refractivity contribution in [3.63, 3.8) is 0 Å². The molecule has 2 aromatic carbocycles. The minimum atomic E-state index is -0.972. The highest BCUT2D eigenvalue weighted by atomic mass is 35.5. The average Bonchev–Trinajstić information content (AvgIpc) is 3.09. The molecule has 0 saturated carbocycles. The van der Waals surface area contributed by atoms with Gasteiger partial charge in [-0.15, -0.1) is 0 Å². The summed E-state index contributed by atoms with van der Waals surface area (Å²) in [6, 6.07) is 12.1. The van der Waals surface area contributed by atoms with Crippen LogP contribution in [0.25, 0.3) is 10.2 Å². The van der Waals surface area contributed by atoms with Crippen LogP contribution in [0, 0.1) is 6.92 Å². The van der Waals surface area contributed by atoms with Gasteiger partial charge in [-0.1, -0.05) is 29.0 Å². The Morgan fingerprint density at radius 3 is 2.90 bits per heavy atom. The highest BCUT2D eigenvalue weighted by Gasteiger charge is 2.26. The maximum atomic E-state index is 10.8. The van der Waals surface area contributed by atoms with Crippen LogP contribution < -0.4 is 9.64 Å². The molecule has 8 heteroatoms. The van der Waals surface area contributed by atoms with E-state index in [2.05, 4.69) is 22.8 Å². The number of nitrogens with zero attached hydrogens (tertiary/aromatic N) is 3. The third kappa shape index (κ3) is 4.86. The summed E-state index contributed by atoms with van der Waals surface area (Å²) in [6.07, 6.45) is 0. The Morgan fingerprint density at radius 2 is 2.13 bits per heavy atom. The van der Waals surface area contributed by atoms with Crippen LogP contribution in [-0.2, 0) is 11.3 Å². The van der Waals surface area contributed by atoms with Gasteiger partial charge >= 0.3 is 5.97 Å². The fraction of sp³-hybridized carbons (Fsp3) is 0.364. The number of carboxylic acids is 1. The first-order valence-electron chi connectivity index (χ1n) is 9.87. The number of aliphatic carboxylic acids is 1. The topological polar surface area (TPSA) is 65.9 Å². The first-order valence-corrected chi connectivity index (χ1v) is 11.1. The van der Waals surface area contributed by atoms with Gasteiger partial charge in [-0.05, 0) is 55.3 Å². The average molecular weight is 446 g/mol. The number of anilines is 1. The molecular weight excluding hydrogens is 422 g/mol. The molecule has 1 aromatic heterocycles. The van der Waals surface area contributed by atoms with Crippen LogP contribution in [0.2, 0.25) is 5.02 Å². The lowest BCUT2D eigenvalue weighted by molar-refractivity contribution is -0.139. The third-order valence-electron chi connectivity index (χ3n) is 5.18. The molecule has 0 aliphatic carbocycles. The number of halogens is 1. The number of aromatic nitrogens is 1. The summed E-state index contributed by atoms with van der Waals surface area (Å²) < 4.78 is 6.48. The molecule has 0 bridgehead atoms. The molecule has 2 heterocycles. The van der Waals surface area contributed by atoms with E-state index in [0.29, 0.717) is 11.8 Å². The Bertz CT molecular complexity index is 1070. The van der Waals surface area contributed by atoms with Crippen LogP contribution in [-0.4, -0.2) is 53.2 Å². The molecule has 1 saturated heterocycles. The lowest BCUT2D eigenvalue weighted by atomic mass is 10.1. The molecule has 158 valence electrons. The van der Waals surface area contributed by atoms with E-state index < -0.39 is 5.97 Å². The van der Waals surface area contributed by atoms with Gasteiger partial charge in [-0.25, -0.2) is 9.78 Å². The van der Waals surface area contributed by atoms with Crippen LogP contribution in [0.3, 0.4) is 0 Å². The van der Waals surface area contributed by atoms with Gasteiger partial charge in [0, 0.05) is 37.2 Å². The summed E-state index contributed by atoms with van der Waals surface area (Å²) >= 11 is 7.80. The van der Waals surface area contributed by atoms with E-state index in [0.717, 1.165) is 57.7 Å². The van der Waals surface area contributed by atoms with Crippen molar-refractivity contribution in [2.24, 2.45) is 0 Å². The van der Waals surface area contributed by atoms with E-state index in [-0.39, 0.29) is 6.61 Å². The zero-order valence-corrected chi connectivity index (χ0v) is 18.5.